The molecule has 0 radical (unpaired) electrons. The number of phenols is 2. The maximum Gasteiger partial charge on any atom is 0.305 e. The second-order valence-electron chi connectivity index (χ2n) is 20.5. The van der Waals surface area contributed by atoms with Crippen LogP contribution in [-0.4, -0.2) is 57.3 Å². The Kier molecular flexibility index (Phi) is 15.9. The van der Waals surface area contributed by atoms with E-state index in [0.717, 1.165) is 48.3 Å². The predicted molar refractivity (Wildman–Crippen MR) is 248 cm³/mol. The predicted octanol–water partition coefficient (Wildman–Crippen LogP) is 11.8. The van der Waals surface area contributed by atoms with E-state index in [0.29, 0.717) is 45.8 Å². The molecule has 9 atom stereocenters. The molecule has 346 valence electrons. The number of fused-ring (bicyclic) bond motifs is 5. The molecule has 12 heteroatoms. The number of phenolic OH excluding ortho intramolecular Hbond substituents is 2. The van der Waals surface area contributed by atoms with Crippen molar-refractivity contribution >= 4 is 52.5 Å². The normalized spacial score (nSPS) is 28.0. The molecule has 0 aromatic heterocycles. The Balaban J connectivity index is 1.21. The number of halogens is 2. The van der Waals surface area contributed by atoms with Crippen LogP contribution >= 0.6 is 23.2 Å². The molecular weight excluding hydrogens is 839 g/mol. The third-order valence-corrected chi connectivity index (χ3v) is 17.0. The summed E-state index contributed by atoms with van der Waals surface area (Å²) in [6.07, 6.45) is 18.8. The van der Waals surface area contributed by atoms with Crippen LogP contribution < -0.4 is 10.6 Å². The zero-order chi connectivity index (χ0) is 45.8. The van der Waals surface area contributed by atoms with Gasteiger partial charge in [0.2, 0.25) is 0 Å². The fraction of sp³-hybridized carbons (Fsp3) is 0.647. The van der Waals surface area contributed by atoms with Crippen molar-refractivity contribution in [2.45, 2.75) is 137 Å². The van der Waals surface area contributed by atoms with Gasteiger partial charge in [0, 0.05) is 13.1 Å². The average molecular weight is 910 g/mol. The van der Waals surface area contributed by atoms with Gasteiger partial charge in [0.1, 0.15) is 11.5 Å². The van der Waals surface area contributed by atoms with Gasteiger partial charge in [-0.2, -0.15) is 0 Å². The Hall–Kier alpha value is -3.76. The number of hydrogen-bond donors (Lipinski definition) is 6. The molecule has 63 heavy (non-hydrogen) atoms. The third-order valence-electron chi connectivity index (χ3n) is 16.4. The number of amides is 2. The first-order valence-electron chi connectivity index (χ1n) is 23.6. The summed E-state index contributed by atoms with van der Waals surface area (Å²) < 4.78 is 0. The number of allylic oxidation sites excluding steroid dienone is 1. The molecule has 4 fully saturated rings. The molecule has 6 N–H and O–H groups in total. The molecule has 4 aliphatic carbocycles. The summed E-state index contributed by atoms with van der Waals surface area (Å²) in [6.45, 7) is 12.2. The second-order valence-corrected chi connectivity index (χ2v) is 21.3. The molecule has 0 spiro atoms. The highest BCUT2D eigenvalue weighted by Gasteiger charge is 2.60. The van der Waals surface area contributed by atoms with Crippen molar-refractivity contribution in [1.82, 2.24) is 10.6 Å². The molecule has 0 saturated heterocycles. The van der Waals surface area contributed by atoms with E-state index >= 15 is 0 Å². The second kappa shape index (κ2) is 20.6. The Labute approximate surface area is 384 Å². The van der Waals surface area contributed by atoms with Crippen LogP contribution in [0.15, 0.2) is 30.3 Å². The number of benzene rings is 2. The highest BCUT2D eigenvalue weighted by molar-refractivity contribution is 6.33. The average Bonchev–Trinajstić information content (AvgIpc) is 3.58. The quantitative estimate of drug-likeness (QED) is 0.0857. The van der Waals surface area contributed by atoms with Gasteiger partial charge in [-0.05, 0) is 170 Å². The number of rotatable bonds is 18. The lowest BCUT2D eigenvalue weighted by Crippen LogP contribution is -2.53. The van der Waals surface area contributed by atoms with Crippen LogP contribution in [0.1, 0.15) is 169 Å². The summed E-state index contributed by atoms with van der Waals surface area (Å²) in [5.74, 6) is 1.61. The van der Waals surface area contributed by atoms with Gasteiger partial charge >= 0.3 is 11.9 Å². The first-order chi connectivity index (χ1) is 29.8. The maximum atomic E-state index is 13.2. The topological polar surface area (TPSA) is 173 Å². The van der Waals surface area contributed by atoms with Gasteiger partial charge in [0.15, 0.2) is 0 Å². The van der Waals surface area contributed by atoms with Crippen LogP contribution in [0.5, 0.6) is 11.5 Å². The van der Waals surface area contributed by atoms with Gasteiger partial charge in [0.25, 0.3) is 11.8 Å². The molecule has 2 aromatic rings. The lowest BCUT2D eigenvalue weighted by atomic mass is 9.44. The molecule has 5 unspecified atom stereocenters. The molecule has 2 amide bonds. The maximum absolute atomic E-state index is 13.2. The summed E-state index contributed by atoms with van der Waals surface area (Å²) >= 11 is 13.1. The van der Waals surface area contributed by atoms with Crippen molar-refractivity contribution in [3.8, 4) is 11.5 Å². The Morgan fingerprint density at radius 2 is 1.30 bits per heavy atom. The molecule has 10 nitrogen and oxygen atoms in total. The molecule has 0 aliphatic heterocycles. The number of carbonyl (C=O) groups excluding carboxylic acids is 2. The number of carboxylic acids is 2. The summed E-state index contributed by atoms with van der Waals surface area (Å²) in [5.41, 5.74) is 1.98. The standard InChI is InChI=1S/C51H70Cl2N2O8/c1-29(2)8-6-9-30(3)39-14-15-40-36-13-12-34-24-31(16-20-50(34,4)41(36)17-21-51(39,40)5)10-7-11-35(32-25-37(46(60)42(52)27-32)48(62)54-22-18-44(56)57)33-26-38(47(61)43(53)28-33)49(63)55-23-19-45(58)59/h11,25-31,34,36,39-41,60-61H,6-10,12-24H2,1-5H3,(H,54,62)(H,55,63)(H,56,57)(H,58,59)/t30?,31-,34?,36?,39+,40?,41?,50-,51+/m0/s1. The Morgan fingerprint density at radius 3 is 1.86 bits per heavy atom. The van der Waals surface area contributed by atoms with E-state index < -0.39 is 35.3 Å². The summed E-state index contributed by atoms with van der Waals surface area (Å²) in [4.78, 5) is 48.7. The largest absolute Gasteiger partial charge is 0.506 e. The van der Waals surface area contributed by atoms with Gasteiger partial charge in [-0.1, -0.05) is 83.2 Å². The number of carbonyl (C=O) groups is 4. The first-order valence-corrected chi connectivity index (χ1v) is 24.3. The number of aliphatic carboxylic acids is 2. The van der Waals surface area contributed by atoms with Crippen molar-refractivity contribution in [3.63, 3.8) is 0 Å². The van der Waals surface area contributed by atoms with Crippen LogP contribution in [0.3, 0.4) is 0 Å². The SMILES string of the molecule is CC(C)CCCC(C)[C@H]1CCC2C3CCC4C[C@@H](CCC=C(c5cc(Cl)c(O)c(C(=O)NCCC(=O)O)c5)c5cc(Cl)c(O)c(C(=O)NCCC(=O)O)c5)CC[C@]4(C)C3CC[C@@]21C. The summed E-state index contributed by atoms with van der Waals surface area (Å²) in [7, 11) is 0. The van der Waals surface area contributed by atoms with E-state index in [4.69, 9.17) is 33.4 Å². The zero-order valence-corrected chi connectivity index (χ0v) is 39.4. The molecule has 0 heterocycles. The fourth-order valence-corrected chi connectivity index (χ4v) is 13.5. The van der Waals surface area contributed by atoms with Crippen molar-refractivity contribution in [2.24, 2.45) is 58.2 Å². The molecule has 0 bridgehead atoms. The minimum atomic E-state index is -1.09. The molecular formula is C51H70Cl2N2O8. The van der Waals surface area contributed by atoms with Crippen molar-refractivity contribution in [3.05, 3.63) is 62.6 Å². The van der Waals surface area contributed by atoms with Gasteiger partial charge in [-0.15, -0.1) is 0 Å². The van der Waals surface area contributed by atoms with E-state index in [9.17, 15) is 29.4 Å². The van der Waals surface area contributed by atoms with Crippen LogP contribution in [0.2, 0.25) is 10.0 Å². The molecule has 6 rings (SSSR count). The number of nitrogens with one attached hydrogen (secondary N) is 2. The fourth-order valence-electron chi connectivity index (χ4n) is 13.1. The van der Waals surface area contributed by atoms with Gasteiger partial charge in [0.05, 0.1) is 34.0 Å². The van der Waals surface area contributed by atoms with Crippen LogP contribution in [-0.2, 0) is 9.59 Å². The zero-order valence-electron chi connectivity index (χ0n) is 37.9. The molecule has 4 aliphatic rings. The smallest absolute Gasteiger partial charge is 0.305 e. The first kappa shape index (κ1) is 48.7. The number of hydrogen-bond acceptors (Lipinski definition) is 6. The van der Waals surface area contributed by atoms with Gasteiger partial charge < -0.3 is 31.1 Å². The molecule has 4 saturated carbocycles. The van der Waals surface area contributed by atoms with Crippen molar-refractivity contribution in [1.29, 1.82) is 0 Å². The highest BCUT2D eigenvalue weighted by atomic mass is 35.5. The minimum Gasteiger partial charge on any atom is -0.506 e. The third kappa shape index (κ3) is 10.9. The van der Waals surface area contributed by atoms with E-state index in [2.05, 4.69) is 45.3 Å². The number of carboxylic acid groups (broad SMARTS) is 2. The Bertz CT molecular complexity index is 1960. The number of aromatic hydroxyl groups is 2. The van der Waals surface area contributed by atoms with E-state index in [1.54, 1.807) is 0 Å². The highest BCUT2D eigenvalue weighted by Crippen LogP contribution is 2.69. The van der Waals surface area contributed by atoms with Crippen LogP contribution in [0.25, 0.3) is 5.57 Å². The minimum absolute atomic E-state index is 0.104. The van der Waals surface area contributed by atoms with E-state index in [1.807, 2.05) is 6.08 Å². The summed E-state index contributed by atoms with van der Waals surface area (Å²) in [5, 5.41) is 44.7. The van der Waals surface area contributed by atoms with Crippen LogP contribution in [0, 0.1) is 58.2 Å². The van der Waals surface area contributed by atoms with E-state index in [-0.39, 0.29) is 47.1 Å². The van der Waals surface area contributed by atoms with Crippen LogP contribution in [0.4, 0.5) is 0 Å². The van der Waals surface area contributed by atoms with Crippen molar-refractivity contribution in [2.75, 3.05) is 13.1 Å². The van der Waals surface area contributed by atoms with Gasteiger partial charge in [-0.25, -0.2) is 0 Å². The summed E-state index contributed by atoms with van der Waals surface area (Å²) in [6, 6.07) is 5.97. The monoisotopic (exact) mass is 908 g/mol. The lowest BCUT2D eigenvalue weighted by molar-refractivity contribution is -0.137. The van der Waals surface area contributed by atoms with E-state index in [1.165, 1.54) is 94.9 Å². The van der Waals surface area contributed by atoms with Gasteiger partial charge in [-0.3, -0.25) is 19.2 Å². The van der Waals surface area contributed by atoms with Crippen molar-refractivity contribution < 1.29 is 39.6 Å². The molecule has 2 aromatic carbocycles. The lowest BCUT2D eigenvalue weighted by Gasteiger charge is -2.61. The Morgan fingerprint density at radius 1 is 0.746 bits per heavy atom.